The number of furan rings is 1. The lowest BCUT2D eigenvalue weighted by atomic mass is 9.47. The molecule has 2 aliphatic carbocycles. The molecule has 2 aliphatic heterocycles. The zero-order chi connectivity index (χ0) is 25.2. The van der Waals surface area contributed by atoms with Crippen LogP contribution in [0.4, 0.5) is 0 Å². The molecule has 6 rings (SSSR count). The molecule has 3 heterocycles. The van der Waals surface area contributed by atoms with Gasteiger partial charge in [-0.1, -0.05) is 12.1 Å². The summed E-state index contributed by atoms with van der Waals surface area (Å²) < 4.78 is 11.6. The summed E-state index contributed by atoms with van der Waals surface area (Å²) in [5.41, 5.74) is 0.522. The molecule has 1 spiro atoms. The van der Waals surface area contributed by atoms with Gasteiger partial charge in [0.2, 0.25) is 5.91 Å². The summed E-state index contributed by atoms with van der Waals surface area (Å²) in [6, 6.07) is 6.65. The molecule has 2 N–H and O–H groups in total. The molecule has 1 aromatic heterocycles. The largest absolute Gasteiger partial charge is 0.504 e. The Hall–Kier alpha value is -3.54. The van der Waals surface area contributed by atoms with E-state index in [1.165, 1.54) is 6.08 Å². The first kappa shape index (κ1) is 22.9. The average Bonchev–Trinajstić information content (AvgIpc) is 3.51. The number of rotatable bonds is 5. The monoisotopic (exact) mass is 487 g/mol. The Labute approximate surface area is 209 Å². The number of phenolic OH excluding ortho intramolecular Hbond substituents is 1. The van der Waals surface area contributed by atoms with Crippen LogP contribution in [0.5, 0.6) is 11.5 Å². The predicted molar refractivity (Wildman–Crippen MR) is 131 cm³/mol. The van der Waals surface area contributed by atoms with Gasteiger partial charge in [0.1, 0.15) is 6.10 Å². The van der Waals surface area contributed by atoms with Gasteiger partial charge in [-0.15, -0.1) is 6.58 Å². The quantitative estimate of drug-likeness (QED) is 0.493. The number of likely N-dealkylation sites (tertiary alicyclic amines) is 1. The summed E-state index contributed by atoms with van der Waals surface area (Å²) in [7, 11) is 1.75. The van der Waals surface area contributed by atoms with Crippen molar-refractivity contribution in [3.63, 3.8) is 0 Å². The molecule has 8 nitrogen and oxygen atoms in total. The number of aliphatic hydroxyl groups is 1. The van der Waals surface area contributed by atoms with Gasteiger partial charge >= 0.3 is 0 Å². The number of phenols is 1. The molecule has 2 fully saturated rings. The molecule has 1 saturated carbocycles. The maximum absolute atomic E-state index is 13.2. The van der Waals surface area contributed by atoms with Crippen molar-refractivity contribution in [2.45, 2.75) is 60.9 Å². The second-order valence-corrected chi connectivity index (χ2v) is 10.4. The maximum atomic E-state index is 13.2. The van der Waals surface area contributed by atoms with E-state index in [1.807, 2.05) is 6.07 Å². The number of likely N-dealkylation sites (N-methyl/N-ethyl adjacent to an activating group) is 1. The predicted octanol–water partition coefficient (Wildman–Crippen LogP) is 2.76. The fourth-order valence-electron chi connectivity index (χ4n) is 7.38. The molecule has 1 saturated heterocycles. The number of nitriles is 1. The number of carbonyl (C=O) groups is 1. The molecule has 1 unspecified atom stereocenters. The molecular formula is C28H29N3O5. The first-order valence-electron chi connectivity index (χ1n) is 12.3. The SMILES string of the molecule is C=CCN1C(C#N)C[C@]23c4c5ccc(O)c4O[C@H]2[C@@H](N(C)C(=O)/C=C/c2ccoc2)CC[C@@]3(O)[C@H]1C5. The summed E-state index contributed by atoms with van der Waals surface area (Å²) in [4.78, 5) is 16.9. The fraction of sp³-hybridized carbons (Fsp3) is 0.429. The second kappa shape index (κ2) is 7.99. The van der Waals surface area contributed by atoms with Crippen molar-refractivity contribution in [1.29, 1.82) is 5.26 Å². The molecule has 4 aliphatic rings. The Bertz CT molecular complexity index is 1300. The molecule has 36 heavy (non-hydrogen) atoms. The Morgan fingerprint density at radius 3 is 2.97 bits per heavy atom. The molecule has 0 radical (unpaired) electrons. The van der Waals surface area contributed by atoms with Crippen LogP contribution in [0.3, 0.4) is 0 Å². The number of benzene rings is 1. The molecule has 6 atom stereocenters. The number of ether oxygens (including phenoxy) is 1. The number of hydrogen-bond acceptors (Lipinski definition) is 7. The summed E-state index contributed by atoms with van der Waals surface area (Å²) >= 11 is 0. The Balaban J connectivity index is 1.45. The van der Waals surface area contributed by atoms with Crippen LogP contribution in [0, 0.1) is 11.3 Å². The van der Waals surface area contributed by atoms with E-state index in [2.05, 4.69) is 17.5 Å². The smallest absolute Gasteiger partial charge is 0.246 e. The average molecular weight is 488 g/mol. The van der Waals surface area contributed by atoms with E-state index in [0.29, 0.717) is 38.0 Å². The van der Waals surface area contributed by atoms with Crippen molar-refractivity contribution in [1.82, 2.24) is 9.80 Å². The van der Waals surface area contributed by atoms with Crippen LogP contribution in [0.2, 0.25) is 0 Å². The van der Waals surface area contributed by atoms with E-state index in [0.717, 1.165) is 16.7 Å². The first-order valence-corrected chi connectivity index (χ1v) is 12.3. The van der Waals surface area contributed by atoms with Crippen LogP contribution in [0.1, 0.15) is 36.0 Å². The van der Waals surface area contributed by atoms with Crippen LogP contribution in [0.15, 0.2) is 53.9 Å². The number of nitrogens with zero attached hydrogens (tertiary/aromatic N) is 3. The van der Waals surface area contributed by atoms with Crippen LogP contribution in [-0.4, -0.2) is 69.3 Å². The third kappa shape index (κ3) is 2.84. The van der Waals surface area contributed by atoms with Gasteiger partial charge in [-0.05, 0) is 49.5 Å². The number of aromatic hydroxyl groups is 1. The zero-order valence-corrected chi connectivity index (χ0v) is 20.1. The van der Waals surface area contributed by atoms with Crippen molar-refractivity contribution >= 4 is 12.0 Å². The molecule has 8 heteroatoms. The van der Waals surface area contributed by atoms with Crippen LogP contribution < -0.4 is 4.74 Å². The molecular weight excluding hydrogens is 458 g/mol. The van der Waals surface area contributed by atoms with Crippen LogP contribution in [-0.2, 0) is 16.6 Å². The molecule has 186 valence electrons. The number of piperidine rings is 1. The minimum atomic E-state index is -1.17. The first-order chi connectivity index (χ1) is 17.4. The summed E-state index contributed by atoms with van der Waals surface area (Å²) in [5.74, 6) is 0.207. The van der Waals surface area contributed by atoms with Crippen LogP contribution in [0.25, 0.3) is 6.08 Å². The van der Waals surface area contributed by atoms with E-state index in [9.17, 15) is 20.3 Å². The minimum absolute atomic E-state index is 0.0212. The van der Waals surface area contributed by atoms with E-state index in [4.69, 9.17) is 9.15 Å². The van der Waals surface area contributed by atoms with Gasteiger partial charge < -0.3 is 24.3 Å². The minimum Gasteiger partial charge on any atom is -0.504 e. The third-order valence-electron chi connectivity index (χ3n) is 8.92. The number of carbonyl (C=O) groups excluding carboxylic acids is 1. The lowest BCUT2D eigenvalue weighted by Crippen LogP contribution is -2.79. The molecule has 2 aromatic rings. The van der Waals surface area contributed by atoms with Crippen LogP contribution >= 0.6 is 0 Å². The maximum Gasteiger partial charge on any atom is 0.246 e. The topological polar surface area (TPSA) is 110 Å². The lowest BCUT2D eigenvalue weighted by Gasteiger charge is -2.65. The fourth-order valence-corrected chi connectivity index (χ4v) is 7.38. The molecule has 1 amide bonds. The molecule has 2 bridgehead atoms. The van der Waals surface area contributed by atoms with Gasteiger partial charge in [0.15, 0.2) is 11.5 Å². The van der Waals surface area contributed by atoms with Crippen molar-refractivity contribution in [3.8, 4) is 17.6 Å². The van der Waals surface area contributed by atoms with E-state index in [-0.39, 0.29) is 23.7 Å². The highest BCUT2D eigenvalue weighted by molar-refractivity contribution is 5.92. The number of amides is 1. The highest BCUT2D eigenvalue weighted by Gasteiger charge is 2.74. The summed E-state index contributed by atoms with van der Waals surface area (Å²) in [6.07, 6.45) is 9.37. The van der Waals surface area contributed by atoms with Crippen molar-refractivity contribution in [3.05, 3.63) is 66.1 Å². The van der Waals surface area contributed by atoms with Gasteiger partial charge in [-0.25, -0.2) is 0 Å². The van der Waals surface area contributed by atoms with Gasteiger partial charge in [0.25, 0.3) is 0 Å². The summed E-state index contributed by atoms with van der Waals surface area (Å²) in [6.45, 7) is 4.37. The third-order valence-corrected chi connectivity index (χ3v) is 8.92. The van der Waals surface area contributed by atoms with Gasteiger partial charge in [0.05, 0.1) is 41.7 Å². The Morgan fingerprint density at radius 2 is 2.25 bits per heavy atom. The van der Waals surface area contributed by atoms with Gasteiger partial charge in [0, 0.05) is 36.8 Å². The van der Waals surface area contributed by atoms with Crippen molar-refractivity contribution < 1.29 is 24.2 Å². The summed E-state index contributed by atoms with van der Waals surface area (Å²) in [5, 5.41) is 33.4. The van der Waals surface area contributed by atoms with Gasteiger partial charge in [-0.2, -0.15) is 5.26 Å². The normalized spacial score (nSPS) is 34.0. The second-order valence-electron chi connectivity index (χ2n) is 10.4. The molecule has 1 aromatic carbocycles. The van der Waals surface area contributed by atoms with Crippen molar-refractivity contribution in [2.24, 2.45) is 0 Å². The highest BCUT2D eigenvalue weighted by atomic mass is 16.5. The Kier molecular flexibility index (Phi) is 5.08. The highest BCUT2D eigenvalue weighted by Crippen LogP contribution is 2.66. The Morgan fingerprint density at radius 1 is 1.42 bits per heavy atom. The van der Waals surface area contributed by atoms with E-state index >= 15 is 0 Å². The van der Waals surface area contributed by atoms with E-state index < -0.39 is 23.2 Å². The van der Waals surface area contributed by atoms with E-state index in [1.54, 1.807) is 48.8 Å². The zero-order valence-electron chi connectivity index (χ0n) is 20.1. The number of hydrogen-bond donors (Lipinski definition) is 2. The lowest BCUT2D eigenvalue weighted by molar-refractivity contribution is -0.205. The van der Waals surface area contributed by atoms with Gasteiger partial charge in [-0.3, -0.25) is 9.69 Å². The van der Waals surface area contributed by atoms with Crippen molar-refractivity contribution in [2.75, 3.05) is 13.6 Å². The standard InChI is InChI=1S/C28H29N3O5/c1-3-11-31-19(15-29)14-27-24-18-5-6-21(32)25(24)36-26(27)20(8-10-28(27,34)22(31)13-18)30(2)23(33)7-4-17-9-12-35-16-17/h3-7,9,12,16,19-20,22,26,32,34H,1,8,10-11,13-14H2,2H3/b7-4+/t19?,20-,22+,26-,27-,28+/m0/s1.